The van der Waals surface area contributed by atoms with Gasteiger partial charge in [0.2, 0.25) is 0 Å². The monoisotopic (exact) mass is 395 g/mol. The fourth-order valence-electron chi connectivity index (χ4n) is 3.39. The van der Waals surface area contributed by atoms with E-state index in [0.29, 0.717) is 11.3 Å². The molecular weight excluding hydrogens is 371 g/mol. The third-order valence-corrected chi connectivity index (χ3v) is 5.00. The lowest BCUT2D eigenvalue weighted by molar-refractivity contribution is -0.137. The molecule has 152 valence electrons. The van der Waals surface area contributed by atoms with Gasteiger partial charge in [0.25, 0.3) is 5.91 Å². The van der Waals surface area contributed by atoms with Gasteiger partial charge in [0.15, 0.2) is 0 Å². The Labute approximate surface area is 161 Å². The van der Waals surface area contributed by atoms with Crippen molar-refractivity contribution in [1.29, 1.82) is 0 Å². The fourth-order valence-corrected chi connectivity index (χ4v) is 3.39. The number of ether oxygens (including phenoxy) is 1. The Morgan fingerprint density at radius 1 is 1.43 bits per heavy atom. The number of aromatic nitrogens is 2. The summed E-state index contributed by atoms with van der Waals surface area (Å²) in [7, 11) is 0. The van der Waals surface area contributed by atoms with Crippen LogP contribution < -0.4 is 5.32 Å². The standard InChI is InChI=1S/C20H24F3N3O2/c1-13(8-9-17-7-4-10-28-17)25-19(27)18-12-24-26(14(18)2)16-6-3-5-15(11-16)20(21,22)23/h3,5-6,11-13,17H,4,7-10H2,1-2H3,(H,25,27). The number of hydrogen-bond acceptors (Lipinski definition) is 3. The van der Waals surface area contributed by atoms with E-state index in [1.54, 1.807) is 6.92 Å². The van der Waals surface area contributed by atoms with Gasteiger partial charge >= 0.3 is 6.18 Å². The summed E-state index contributed by atoms with van der Waals surface area (Å²) in [5, 5.41) is 7.05. The van der Waals surface area contributed by atoms with Gasteiger partial charge in [-0.05, 0) is 57.7 Å². The first-order valence-electron chi connectivity index (χ1n) is 9.40. The van der Waals surface area contributed by atoms with Gasteiger partial charge in [-0.25, -0.2) is 4.68 Å². The van der Waals surface area contributed by atoms with Crippen molar-refractivity contribution in [2.75, 3.05) is 6.61 Å². The largest absolute Gasteiger partial charge is 0.416 e. The number of rotatable bonds is 6. The van der Waals surface area contributed by atoms with Gasteiger partial charge < -0.3 is 10.1 Å². The number of nitrogens with zero attached hydrogens (tertiary/aromatic N) is 2. The van der Waals surface area contributed by atoms with Crippen LogP contribution in [0.5, 0.6) is 0 Å². The summed E-state index contributed by atoms with van der Waals surface area (Å²) < 4.78 is 45.8. The van der Waals surface area contributed by atoms with Crippen LogP contribution in [0.2, 0.25) is 0 Å². The molecule has 1 fully saturated rings. The SMILES string of the molecule is Cc1c(C(=O)NC(C)CCC2CCCO2)cnn1-c1cccc(C(F)(F)F)c1. The van der Waals surface area contributed by atoms with Crippen LogP contribution in [0.25, 0.3) is 5.69 Å². The number of carbonyl (C=O) groups is 1. The lowest BCUT2D eigenvalue weighted by atomic mass is 10.1. The van der Waals surface area contributed by atoms with Gasteiger partial charge in [-0.2, -0.15) is 18.3 Å². The van der Waals surface area contributed by atoms with E-state index in [1.165, 1.54) is 23.0 Å². The minimum Gasteiger partial charge on any atom is -0.378 e. The molecule has 5 nitrogen and oxygen atoms in total. The molecule has 8 heteroatoms. The minimum atomic E-state index is -4.43. The molecule has 2 heterocycles. The Balaban J connectivity index is 1.67. The van der Waals surface area contributed by atoms with E-state index in [1.807, 2.05) is 6.92 Å². The molecule has 0 spiro atoms. The molecule has 1 aromatic heterocycles. The Bertz CT molecular complexity index is 826. The van der Waals surface area contributed by atoms with Crippen molar-refractivity contribution in [2.24, 2.45) is 0 Å². The molecule has 0 bridgehead atoms. The maximum Gasteiger partial charge on any atom is 0.416 e. The van der Waals surface area contributed by atoms with E-state index in [2.05, 4.69) is 10.4 Å². The second-order valence-electron chi connectivity index (χ2n) is 7.19. The summed E-state index contributed by atoms with van der Waals surface area (Å²) in [5.41, 5.74) is 0.344. The molecule has 1 amide bonds. The van der Waals surface area contributed by atoms with E-state index < -0.39 is 11.7 Å². The van der Waals surface area contributed by atoms with Gasteiger partial charge in [-0.15, -0.1) is 0 Å². The summed E-state index contributed by atoms with van der Waals surface area (Å²) >= 11 is 0. The van der Waals surface area contributed by atoms with Gasteiger partial charge in [0.05, 0.1) is 34.8 Å². The lowest BCUT2D eigenvalue weighted by Crippen LogP contribution is -2.33. The maximum atomic E-state index is 12.9. The molecule has 3 rings (SSSR count). The zero-order valence-corrected chi connectivity index (χ0v) is 15.9. The third kappa shape index (κ3) is 4.73. The Morgan fingerprint density at radius 2 is 2.21 bits per heavy atom. The van der Waals surface area contributed by atoms with E-state index in [4.69, 9.17) is 4.74 Å². The minimum absolute atomic E-state index is 0.0343. The number of halogens is 3. The number of alkyl halides is 3. The average Bonchev–Trinajstić information content (AvgIpc) is 3.29. The number of hydrogen-bond donors (Lipinski definition) is 1. The van der Waals surface area contributed by atoms with Crippen LogP contribution in [0.15, 0.2) is 30.5 Å². The van der Waals surface area contributed by atoms with E-state index >= 15 is 0 Å². The Morgan fingerprint density at radius 3 is 2.89 bits per heavy atom. The molecule has 2 atom stereocenters. The molecule has 2 aromatic rings. The first-order chi connectivity index (χ1) is 13.3. The first-order valence-corrected chi connectivity index (χ1v) is 9.40. The predicted molar refractivity (Wildman–Crippen MR) is 98.4 cm³/mol. The summed E-state index contributed by atoms with van der Waals surface area (Å²) in [5.74, 6) is -0.282. The molecular formula is C20H24F3N3O2. The molecule has 0 saturated carbocycles. The normalized spacial score (nSPS) is 18.2. The van der Waals surface area contributed by atoms with Crippen LogP contribution in [0.3, 0.4) is 0 Å². The molecule has 2 unspecified atom stereocenters. The van der Waals surface area contributed by atoms with Gasteiger partial charge in [-0.3, -0.25) is 4.79 Å². The maximum absolute atomic E-state index is 12.9. The van der Waals surface area contributed by atoms with Crippen LogP contribution in [0.4, 0.5) is 13.2 Å². The summed E-state index contributed by atoms with van der Waals surface area (Å²) in [4.78, 5) is 12.6. The predicted octanol–water partition coefficient (Wildman–Crippen LogP) is 4.28. The smallest absolute Gasteiger partial charge is 0.378 e. The van der Waals surface area contributed by atoms with E-state index in [-0.39, 0.29) is 23.7 Å². The van der Waals surface area contributed by atoms with Crippen LogP contribution >= 0.6 is 0 Å². The van der Waals surface area contributed by atoms with E-state index in [0.717, 1.165) is 44.4 Å². The average molecular weight is 395 g/mol. The van der Waals surface area contributed by atoms with Crippen molar-refractivity contribution in [3.05, 3.63) is 47.3 Å². The number of amides is 1. The van der Waals surface area contributed by atoms with Gasteiger partial charge in [0.1, 0.15) is 0 Å². The van der Waals surface area contributed by atoms with Crippen molar-refractivity contribution >= 4 is 5.91 Å². The molecule has 1 aliphatic heterocycles. The molecule has 1 saturated heterocycles. The third-order valence-electron chi connectivity index (χ3n) is 5.00. The fraction of sp³-hybridized carbons (Fsp3) is 0.500. The van der Waals surface area contributed by atoms with Gasteiger partial charge in [-0.1, -0.05) is 6.07 Å². The van der Waals surface area contributed by atoms with E-state index in [9.17, 15) is 18.0 Å². The molecule has 1 aromatic carbocycles. The summed E-state index contributed by atoms with van der Waals surface area (Å²) in [6, 6.07) is 4.85. The zero-order chi connectivity index (χ0) is 20.3. The quantitative estimate of drug-likeness (QED) is 0.794. The van der Waals surface area contributed by atoms with Crippen LogP contribution in [0.1, 0.15) is 54.2 Å². The molecule has 0 aliphatic carbocycles. The summed E-state index contributed by atoms with van der Waals surface area (Å²) in [6.45, 7) is 4.40. The number of carbonyl (C=O) groups excluding carboxylic acids is 1. The van der Waals surface area contributed by atoms with Crippen LogP contribution in [-0.4, -0.2) is 34.4 Å². The number of nitrogens with one attached hydrogen (secondary N) is 1. The topological polar surface area (TPSA) is 56.1 Å². The van der Waals surface area contributed by atoms with Crippen molar-refractivity contribution in [3.8, 4) is 5.69 Å². The van der Waals surface area contributed by atoms with Crippen LogP contribution in [-0.2, 0) is 10.9 Å². The lowest BCUT2D eigenvalue weighted by Gasteiger charge is -2.16. The molecule has 0 radical (unpaired) electrons. The second-order valence-corrected chi connectivity index (χ2v) is 7.19. The van der Waals surface area contributed by atoms with Crippen molar-refractivity contribution < 1.29 is 22.7 Å². The highest BCUT2D eigenvalue weighted by atomic mass is 19.4. The molecule has 28 heavy (non-hydrogen) atoms. The summed E-state index contributed by atoms with van der Waals surface area (Å²) in [6.07, 6.45) is 1.06. The van der Waals surface area contributed by atoms with Crippen molar-refractivity contribution in [3.63, 3.8) is 0 Å². The van der Waals surface area contributed by atoms with Crippen molar-refractivity contribution in [2.45, 2.75) is 57.9 Å². The Kier molecular flexibility index (Phi) is 6.07. The van der Waals surface area contributed by atoms with Crippen LogP contribution in [0, 0.1) is 6.92 Å². The number of benzene rings is 1. The highest BCUT2D eigenvalue weighted by molar-refractivity contribution is 5.95. The van der Waals surface area contributed by atoms with Crippen molar-refractivity contribution in [1.82, 2.24) is 15.1 Å². The Hall–Kier alpha value is -2.35. The first kappa shape index (κ1) is 20.4. The molecule has 1 aliphatic rings. The highest BCUT2D eigenvalue weighted by Crippen LogP contribution is 2.30. The second kappa shape index (κ2) is 8.34. The molecule has 1 N–H and O–H groups in total. The van der Waals surface area contributed by atoms with Gasteiger partial charge in [0, 0.05) is 12.6 Å². The zero-order valence-electron chi connectivity index (χ0n) is 15.9. The highest BCUT2D eigenvalue weighted by Gasteiger charge is 2.30.